The Hall–Kier alpha value is -2.90. The number of carbonyl (C=O) groups excluding carboxylic acids is 4. The summed E-state index contributed by atoms with van der Waals surface area (Å²) in [5, 5.41) is 2.53. The number of esters is 2. The topological polar surface area (TPSA) is 108 Å². The van der Waals surface area contributed by atoms with Crippen LogP contribution >= 0.6 is 0 Å². The lowest BCUT2D eigenvalue weighted by atomic mass is 9.86. The molecule has 1 fully saturated rings. The van der Waals surface area contributed by atoms with Crippen LogP contribution in [0.4, 0.5) is 4.79 Å². The predicted molar refractivity (Wildman–Crippen MR) is 108 cm³/mol. The molecule has 0 spiro atoms. The van der Waals surface area contributed by atoms with Gasteiger partial charge >= 0.3 is 18.0 Å². The fourth-order valence-corrected chi connectivity index (χ4v) is 3.20. The van der Waals surface area contributed by atoms with Crippen LogP contribution in [0.2, 0.25) is 0 Å². The summed E-state index contributed by atoms with van der Waals surface area (Å²) in [6, 6.07) is 8.06. The van der Waals surface area contributed by atoms with Crippen molar-refractivity contribution in [1.82, 2.24) is 5.32 Å². The highest BCUT2D eigenvalue weighted by molar-refractivity contribution is 5.90. The normalized spacial score (nSPS) is 20.1. The van der Waals surface area contributed by atoms with E-state index in [0.29, 0.717) is 6.42 Å². The third-order valence-electron chi connectivity index (χ3n) is 4.65. The first kappa shape index (κ1) is 23.4. The summed E-state index contributed by atoms with van der Waals surface area (Å²) in [7, 11) is 1.28. The highest BCUT2D eigenvalue weighted by atomic mass is 16.6. The minimum absolute atomic E-state index is 0.0712. The number of hydrogen-bond acceptors (Lipinski definition) is 7. The minimum atomic E-state index is -1.05. The highest BCUT2D eigenvalue weighted by Crippen LogP contribution is 2.25. The van der Waals surface area contributed by atoms with Crippen LogP contribution in [-0.2, 0) is 35.0 Å². The van der Waals surface area contributed by atoms with Gasteiger partial charge in [0, 0.05) is 19.3 Å². The van der Waals surface area contributed by atoms with Crippen molar-refractivity contribution in [3.63, 3.8) is 0 Å². The lowest BCUT2D eigenvalue weighted by molar-refractivity contribution is -0.163. The SMILES string of the molecule is COC(=O)C1CCC(=O)C(OC(=O)C(Cc2ccccc2)NC(=O)OC(C)(C)C)C1. The number of rotatable bonds is 6. The first-order valence-electron chi connectivity index (χ1n) is 9.93. The molecule has 1 aliphatic rings. The van der Waals surface area contributed by atoms with Crippen LogP contribution in [0.15, 0.2) is 30.3 Å². The molecule has 2 rings (SSSR count). The number of methoxy groups -OCH3 is 1. The van der Waals surface area contributed by atoms with Gasteiger partial charge in [-0.15, -0.1) is 0 Å². The van der Waals surface area contributed by atoms with Crippen molar-refractivity contribution < 1.29 is 33.4 Å². The summed E-state index contributed by atoms with van der Waals surface area (Å²) in [6.45, 7) is 5.14. The second-order valence-electron chi connectivity index (χ2n) is 8.27. The van der Waals surface area contributed by atoms with Crippen molar-refractivity contribution in [1.29, 1.82) is 0 Å². The number of carbonyl (C=O) groups is 4. The number of Topliss-reactive ketones (excluding diaryl/α,β-unsaturated/α-hetero) is 1. The van der Waals surface area contributed by atoms with E-state index in [-0.39, 0.29) is 25.0 Å². The Morgan fingerprint density at radius 2 is 1.83 bits per heavy atom. The van der Waals surface area contributed by atoms with Gasteiger partial charge in [0.2, 0.25) is 0 Å². The van der Waals surface area contributed by atoms with Crippen LogP contribution in [0.3, 0.4) is 0 Å². The average Bonchev–Trinajstić information content (AvgIpc) is 2.67. The van der Waals surface area contributed by atoms with Crippen molar-refractivity contribution in [2.75, 3.05) is 7.11 Å². The summed E-state index contributed by atoms with van der Waals surface area (Å²) in [5.41, 5.74) is 0.0659. The Kier molecular flexibility index (Phi) is 7.97. The number of alkyl carbamates (subject to hydrolysis) is 1. The van der Waals surface area contributed by atoms with E-state index in [9.17, 15) is 19.2 Å². The van der Waals surface area contributed by atoms with Crippen molar-refractivity contribution in [3.8, 4) is 0 Å². The zero-order chi connectivity index (χ0) is 22.3. The van der Waals surface area contributed by atoms with Gasteiger partial charge in [0.25, 0.3) is 0 Å². The summed E-state index contributed by atoms with van der Waals surface area (Å²) in [6.07, 6.45) is -1.08. The molecule has 0 radical (unpaired) electrons. The standard InChI is InChI=1S/C22H29NO7/c1-22(2,3)30-21(27)23-16(12-14-8-6-5-7-9-14)20(26)29-18-13-15(19(25)28-4)10-11-17(18)24/h5-9,15-16,18H,10-13H2,1-4H3,(H,23,27). The van der Waals surface area contributed by atoms with Gasteiger partial charge < -0.3 is 19.5 Å². The third-order valence-corrected chi connectivity index (χ3v) is 4.65. The largest absolute Gasteiger partial charge is 0.469 e. The second kappa shape index (κ2) is 10.2. The van der Waals surface area contributed by atoms with Gasteiger partial charge in [-0.2, -0.15) is 0 Å². The molecule has 8 heteroatoms. The maximum atomic E-state index is 12.8. The molecule has 0 saturated heterocycles. The Morgan fingerprint density at radius 3 is 2.43 bits per heavy atom. The predicted octanol–water partition coefficient (Wildman–Crippen LogP) is 2.58. The van der Waals surface area contributed by atoms with Crippen LogP contribution in [0, 0.1) is 5.92 Å². The molecule has 0 aromatic heterocycles. The van der Waals surface area contributed by atoms with Crippen LogP contribution in [0.25, 0.3) is 0 Å². The number of ketones is 1. The molecule has 1 saturated carbocycles. The van der Waals surface area contributed by atoms with Gasteiger partial charge in [-0.1, -0.05) is 30.3 Å². The molecule has 1 aromatic rings. The van der Waals surface area contributed by atoms with E-state index in [2.05, 4.69) is 5.32 Å². The summed E-state index contributed by atoms with van der Waals surface area (Å²) < 4.78 is 15.4. The van der Waals surface area contributed by atoms with Gasteiger partial charge in [-0.3, -0.25) is 9.59 Å². The molecule has 0 bridgehead atoms. The number of ether oxygens (including phenoxy) is 3. The van der Waals surface area contributed by atoms with E-state index in [1.165, 1.54) is 7.11 Å². The Bertz CT molecular complexity index is 769. The van der Waals surface area contributed by atoms with E-state index in [1.54, 1.807) is 20.8 Å². The van der Waals surface area contributed by atoms with Gasteiger partial charge in [0.05, 0.1) is 13.0 Å². The van der Waals surface area contributed by atoms with Gasteiger partial charge in [-0.25, -0.2) is 9.59 Å². The lowest BCUT2D eigenvalue weighted by Crippen LogP contribution is -2.48. The van der Waals surface area contributed by atoms with Crippen LogP contribution < -0.4 is 5.32 Å². The molecule has 164 valence electrons. The van der Waals surface area contributed by atoms with Crippen LogP contribution in [-0.4, -0.2) is 48.7 Å². The molecule has 1 aromatic carbocycles. The van der Waals surface area contributed by atoms with E-state index >= 15 is 0 Å². The van der Waals surface area contributed by atoms with E-state index in [4.69, 9.17) is 14.2 Å². The van der Waals surface area contributed by atoms with Crippen molar-refractivity contribution in [2.45, 2.75) is 64.2 Å². The first-order chi connectivity index (χ1) is 14.1. The summed E-state index contributed by atoms with van der Waals surface area (Å²) in [5.74, 6) is -1.94. The molecule has 1 N–H and O–H groups in total. The Morgan fingerprint density at radius 1 is 1.17 bits per heavy atom. The van der Waals surface area contributed by atoms with Gasteiger partial charge in [-0.05, 0) is 32.8 Å². The molecular formula is C22H29NO7. The molecule has 8 nitrogen and oxygen atoms in total. The molecule has 1 amide bonds. The lowest BCUT2D eigenvalue weighted by Gasteiger charge is -2.28. The summed E-state index contributed by atoms with van der Waals surface area (Å²) >= 11 is 0. The highest BCUT2D eigenvalue weighted by Gasteiger charge is 2.37. The quantitative estimate of drug-likeness (QED) is 0.558. The van der Waals surface area contributed by atoms with E-state index in [1.807, 2.05) is 30.3 Å². The molecule has 0 aliphatic heterocycles. The summed E-state index contributed by atoms with van der Waals surface area (Å²) in [4.78, 5) is 49.1. The molecule has 1 aliphatic carbocycles. The number of amides is 1. The molecule has 0 heterocycles. The van der Waals surface area contributed by atoms with Crippen molar-refractivity contribution in [2.24, 2.45) is 5.92 Å². The molecule has 30 heavy (non-hydrogen) atoms. The van der Waals surface area contributed by atoms with Crippen LogP contribution in [0.5, 0.6) is 0 Å². The van der Waals surface area contributed by atoms with Crippen molar-refractivity contribution >= 4 is 23.8 Å². The smallest absolute Gasteiger partial charge is 0.408 e. The van der Waals surface area contributed by atoms with Crippen molar-refractivity contribution in [3.05, 3.63) is 35.9 Å². The van der Waals surface area contributed by atoms with Gasteiger partial charge in [0.15, 0.2) is 11.9 Å². The maximum absolute atomic E-state index is 12.8. The first-order valence-corrected chi connectivity index (χ1v) is 9.93. The zero-order valence-corrected chi connectivity index (χ0v) is 17.8. The second-order valence-corrected chi connectivity index (χ2v) is 8.27. The number of benzene rings is 1. The van der Waals surface area contributed by atoms with Crippen LogP contribution in [0.1, 0.15) is 45.6 Å². The monoisotopic (exact) mass is 419 g/mol. The van der Waals surface area contributed by atoms with Gasteiger partial charge in [0.1, 0.15) is 11.6 Å². The number of hydrogen-bond donors (Lipinski definition) is 1. The molecule has 3 unspecified atom stereocenters. The Labute approximate surface area is 176 Å². The Balaban J connectivity index is 2.11. The fraction of sp³-hybridized carbons (Fsp3) is 0.545. The van der Waals surface area contributed by atoms with E-state index < -0.39 is 41.7 Å². The fourth-order valence-electron chi connectivity index (χ4n) is 3.20. The minimum Gasteiger partial charge on any atom is -0.469 e. The molecule has 3 atom stereocenters. The number of nitrogens with one attached hydrogen (secondary N) is 1. The maximum Gasteiger partial charge on any atom is 0.408 e. The average molecular weight is 419 g/mol. The zero-order valence-electron chi connectivity index (χ0n) is 17.8. The van der Waals surface area contributed by atoms with E-state index in [0.717, 1.165) is 5.56 Å². The third kappa shape index (κ3) is 7.17. The molecular weight excluding hydrogens is 390 g/mol.